The maximum atomic E-state index is 11.4. The van der Waals surface area contributed by atoms with Crippen molar-refractivity contribution < 1.29 is 23.9 Å². The summed E-state index contributed by atoms with van der Waals surface area (Å²) in [5.74, 6) is -1.11. The Morgan fingerprint density at radius 3 is 2.32 bits per heavy atom. The smallest absolute Gasteiger partial charge is 0.333 e. The molecule has 0 aliphatic heterocycles. The summed E-state index contributed by atoms with van der Waals surface area (Å²) in [5, 5.41) is 0. The molecule has 19 heavy (non-hydrogen) atoms. The first kappa shape index (κ1) is 17.4. The SMILES string of the molecule is CCCCOC(=O)C(C)=CCCOC(=O)CC(C)=O. The number of hydrogen-bond donors (Lipinski definition) is 0. The van der Waals surface area contributed by atoms with E-state index in [1.54, 1.807) is 13.0 Å². The van der Waals surface area contributed by atoms with Gasteiger partial charge in [-0.15, -0.1) is 0 Å². The highest BCUT2D eigenvalue weighted by Gasteiger charge is 2.07. The van der Waals surface area contributed by atoms with E-state index >= 15 is 0 Å². The fourth-order valence-electron chi connectivity index (χ4n) is 1.21. The molecule has 108 valence electrons. The molecule has 0 N–H and O–H groups in total. The Morgan fingerprint density at radius 1 is 1.05 bits per heavy atom. The molecule has 0 heterocycles. The highest BCUT2D eigenvalue weighted by Crippen LogP contribution is 2.01. The van der Waals surface area contributed by atoms with Crippen molar-refractivity contribution >= 4 is 17.7 Å². The Hall–Kier alpha value is -1.65. The first-order chi connectivity index (χ1) is 8.97. The predicted octanol–water partition coefficient (Wildman–Crippen LogP) is 2.19. The number of unbranched alkanes of at least 4 members (excludes halogenated alkanes) is 1. The third kappa shape index (κ3) is 10.00. The molecule has 0 saturated carbocycles. The Kier molecular flexibility index (Phi) is 9.40. The molecule has 0 aromatic rings. The number of ketones is 1. The van der Waals surface area contributed by atoms with Crippen LogP contribution in [0, 0.1) is 0 Å². The van der Waals surface area contributed by atoms with Gasteiger partial charge in [-0.05, 0) is 20.3 Å². The fraction of sp³-hybridized carbons (Fsp3) is 0.643. The van der Waals surface area contributed by atoms with Crippen molar-refractivity contribution in [3.63, 3.8) is 0 Å². The van der Waals surface area contributed by atoms with Gasteiger partial charge < -0.3 is 9.47 Å². The minimum absolute atomic E-state index is 0.158. The molecule has 5 nitrogen and oxygen atoms in total. The van der Waals surface area contributed by atoms with Gasteiger partial charge in [0.25, 0.3) is 0 Å². The molecule has 0 amide bonds. The van der Waals surface area contributed by atoms with E-state index in [1.807, 2.05) is 6.92 Å². The summed E-state index contributed by atoms with van der Waals surface area (Å²) >= 11 is 0. The van der Waals surface area contributed by atoms with Gasteiger partial charge in [0.2, 0.25) is 0 Å². The molecule has 0 atom stereocenters. The van der Waals surface area contributed by atoms with Crippen LogP contribution in [0.3, 0.4) is 0 Å². The number of carbonyl (C=O) groups is 3. The van der Waals surface area contributed by atoms with Crippen molar-refractivity contribution in [2.45, 2.75) is 46.5 Å². The minimum Gasteiger partial charge on any atom is -0.465 e. The van der Waals surface area contributed by atoms with E-state index in [1.165, 1.54) is 6.92 Å². The predicted molar refractivity (Wildman–Crippen MR) is 70.5 cm³/mol. The summed E-state index contributed by atoms with van der Waals surface area (Å²) in [5.41, 5.74) is 0.499. The molecule has 0 aromatic carbocycles. The zero-order valence-electron chi connectivity index (χ0n) is 11.9. The van der Waals surface area contributed by atoms with E-state index in [0.29, 0.717) is 18.6 Å². The summed E-state index contributed by atoms with van der Waals surface area (Å²) in [6, 6.07) is 0. The number of esters is 2. The maximum Gasteiger partial charge on any atom is 0.333 e. The second kappa shape index (κ2) is 10.3. The van der Waals surface area contributed by atoms with Gasteiger partial charge in [-0.1, -0.05) is 19.4 Å². The van der Waals surface area contributed by atoms with Crippen LogP contribution in [-0.4, -0.2) is 30.9 Å². The Labute approximate surface area is 114 Å². The largest absolute Gasteiger partial charge is 0.465 e. The second-order valence-corrected chi connectivity index (χ2v) is 4.26. The molecule has 0 unspecified atom stereocenters. The van der Waals surface area contributed by atoms with E-state index in [2.05, 4.69) is 0 Å². The lowest BCUT2D eigenvalue weighted by atomic mass is 10.2. The maximum absolute atomic E-state index is 11.4. The summed E-state index contributed by atoms with van der Waals surface area (Å²) in [6.45, 7) is 5.59. The van der Waals surface area contributed by atoms with Crippen LogP contribution in [0.1, 0.15) is 46.5 Å². The van der Waals surface area contributed by atoms with Crippen molar-refractivity contribution in [2.75, 3.05) is 13.2 Å². The first-order valence-electron chi connectivity index (χ1n) is 6.46. The van der Waals surface area contributed by atoms with E-state index in [-0.39, 0.29) is 24.8 Å². The van der Waals surface area contributed by atoms with Gasteiger partial charge in [-0.3, -0.25) is 9.59 Å². The summed E-state index contributed by atoms with van der Waals surface area (Å²) in [6.07, 6.45) is 3.71. The lowest BCUT2D eigenvalue weighted by molar-refractivity contribution is -0.145. The number of hydrogen-bond acceptors (Lipinski definition) is 5. The van der Waals surface area contributed by atoms with Crippen molar-refractivity contribution in [3.8, 4) is 0 Å². The van der Waals surface area contributed by atoms with Crippen LogP contribution in [0.5, 0.6) is 0 Å². The topological polar surface area (TPSA) is 69.7 Å². The zero-order chi connectivity index (χ0) is 14.7. The first-order valence-corrected chi connectivity index (χ1v) is 6.46. The average Bonchev–Trinajstić information content (AvgIpc) is 2.33. The Balaban J connectivity index is 3.83. The molecule has 0 spiro atoms. The quantitative estimate of drug-likeness (QED) is 0.278. The molecule has 0 bridgehead atoms. The Morgan fingerprint density at radius 2 is 1.74 bits per heavy atom. The van der Waals surface area contributed by atoms with Crippen LogP contribution >= 0.6 is 0 Å². The molecular formula is C14H22O5. The van der Waals surface area contributed by atoms with Gasteiger partial charge in [0, 0.05) is 12.0 Å². The monoisotopic (exact) mass is 270 g/mol. The number of rotatable bonds is 9. The lowest BCUT2D eigenvalue weighted by Crippen LogP contribution is -2.10. The van der Waals surface area contributed by atoms with E-state index in [0.717, 1.165) is 12.8 Å². The average molecular weight is 270 g/mol. The van der Waals surface area contributed by atoms with Crippen LogP contribution in [-0.2, 0) is 23.9 Å². The van der Waals surface area contributed by atoms with E-state index in [9.17, 15) is 14.4 Å². The fourth-order valence-corrected chi connectivity index (χ4v) is 1.21. The summed E-state index contributed by atoms with van der Waals surface area (Å²) < 4.78 is 9.84. The summed E-state index contributed by atoms with van der Waals surface area (Å²) in [4.78, 5) is 33.1. The molecule has 0 aromatic heterocycles. The molecule has 0 radical (unpaired) electrons. The molecule has 0 aliphatic carbocycles. The molecule has 0 saturated heterocycles. The normalized spacial score (nSPS) is 11.0. The molecule has 0 aliphatic rings. The van der Waals surface area contributed by atoms with Gasteiger partial charge in [-0.2, -0.15) is 0 Å². The third-order valence-corrected chi connectivity index (χ3v) is 2.28. The van der Waals surface area contributed by atoms with Gasteiger partial charge in [-0.25, -0.2) is 4.79 Å². The molecule has 0 rings (SSSR count). The zero-order valence-corrected chi connectivity index (χ0v) is 11.9. The Bertz CT molecular complexity index is 344. The van der Waals surface area contributed by atoms with Crippen LogP contribution in [0.25, 0.3) is 0 Å². The molecular weight excluding hydrogens is 248 g/mol. The van der Waals surface area contributed by atoms with Gasteiger partial charge in [0.05, 0.1) is 13.2 Å². The van der Waals surface area contributed by atoms with Crippen LogP contribution in [0.4, 0.5) is 0 Å². The number of Topliss-reactive ketones (excluding diaryl/α,β-unsaturated/α-hetero) is 1. The van der Waals surface area contributed by atoms with E-state index in [4.69, 9.17) is 9.47 Å². The van der Waals surface area contributed by atoms with Crippen molar-refractivity contribution in [3.05, 3.63) is 11.6 Å². The molecule has 0 fully saturated rings. The van der Waals surface area contributed by atoms with E-state index < -0.39 is 5.97 Å². The van der Waals surface area contributed by atoms with Crippen LogP contribution in [0.15, 0.2) is 11.6 Å². The van der Waals surface area contributed by atoms with Crippen molar-refractivity contribution in [1.82, 2.24) is 0 Å². The van der Waals surface area contributed by atoms with Gasteiger partial charge >= 0.3 is 11.9 Å². The van der Waals surface area contributed by atoms with Crippen molar-refractivity contribution in [2.24, 2.45) is 0 Å². The third-order valence-electron chi connectivity index (χ3n) is 2.28. The highest BCUT2D eigenvalue weighted by molar-refractivity contribution is 5.94. The van der Waals surface area contributed by atoms with Gasteiger partial charge in [0.15, 0.2) is 0 Å². The number of carbonyl (C=O) groups excluding carboxylic acids is 3. The van der Waals surface area contributed by atoms with Crippen LogP contribution in [0.2, 0.25) is 0 Å². The second-order valence-electron chi connectivity index (χ2n) is 4.26. The molecule has 5 heteroatoms. The minimum atomic E-state index is -0.538. The summed E-state index contributed by atoms with van der Waals surface area (Å²) in [7, 11) is 0. The lowest BCUT2D eigenvalue weighted by Gasteiger charge is -2.04. The standard InChI is InChI=1S/C14H22O5/c1-4-5-8-19-14(17)11(2)7-6-9-18-13(16)10-12(3)15/h7H,4-6,8-10H2,1-3H3. The number of ether oxygens (including phenoxy) is 2. The van der Waals surface area contributed by atoms with Crippen LogP contribution < -0.4 is 0 Å². The van der Waals surface area contributed by atoms with Crippen molar-refractivity contribution in [1.29, 1.82) is 0 Å². The van der Waals surface area contributed by atoms with Gasteiger partial charge in [0.1, 0.15) is 12.2 Å². The highest BCUT2D eigenvalue weighted by atomic mass is 16.5.